The summed E-state index contributed by atoms with van der Waals surface area (Å²) < 4.78 is 15.9. The molecule has 0 atom stereocenters. The number of aliphatic imine (C=N–C) groups is 1. The van der Waals surface area contributed by atoms with Crippen LogP contribution < -0.4 is 9.47 Å². The van der Waals surface area contributed by atoms with Crippen molar-refractivity contribution in [3.8, 4) is 11.5 Å². The maximum absolute atomic E-state index is 12.9. The number of carbonyl (C=O) groups is 1. The molecule has 2 aliphatic heterocycles. The number of benzene rings is 2. The van der Waals surface area contributed by atoms with E-state index in [0.717, 1.165) is 17.0 Å². The number of rotatable bonds is 5. The van der Waals surface area contributed by atoms with E-state index in [9.17, 15) is 4.79 Å². The van der Waals surface area contributed by atoms with Crippen LogP contribution in [0.25, 0.3) is 6.08 Å². The minimum Gasteiger partial charge on any atom is -0.454 e. The largest absolute Gasteiger partial charge is 0.454 e. The van der Waals surface area contributed by atoms with Gasteiger partial charge in [-0.25, -0.2) is 4.99 Å². The molecule has 1 saturated heterocycles. The molecule has 2 aliphatic rings. The fourth-order valence-corrected chi connectivity index (χ4v) is 3.76. The molecule has 0 unspecified atom stereocenters. The van der Waals surface area contributed by atoms with Gasteiger partial charge in [-0.1, -0.05) is 24.3 Å². The molecular formula is C20H18N2O4S. The van der Waals surface area contributed by atoms with Crippen LogP contribution in [0.2, 0.25) is 0 Å². The highest BCUT2D eigenvalue weighted by Gasteiger charge is 2.33. The van der Waals surface area contributed by atoms with Gasteiger partial charge in [-0.15, -0.1) is 0 Å². The summed E-state index contributed by atoms with van der Waals surface area (Å²) >= 11 is 1.36. The molecule has 138 valence electrons. The average Bonchev–Trinajstić information content (AvgIpc) is 3.26. The van der Waals surface area contributed by atoms with Gasteiger partial charge in [0, 0.05) is 7.11 Å². The molecule has 0 saturated carbocycles. The van der Waals surface area contributed by atoms with Gasteiger partial charge >= 0.3 is 0 Å². The standard InChI is InChI=1S/C20H18N2O4S/c1-24-10-9-22-19(23)18(27-20(22)21-15-5-3-2-4-6-15)12-14-7-8-16-17(11-14)26-13-25-16/h2-8,11-12H,9-10,13H2,1H3. The Kier molecular flexibility index (Phi) is 5.13. The molecule has 4 rings (SSSR count). The van der Waals surface area contributed by atoms with Gasteiger partial charge in [0.25, 0.3) is 5.91 Å². The number of carbonyl (C=O) groups excluding carboxylic acids is 1. The number of fused-ring (bicyclic) bond motifs is 1. The number of ether oxygens (including phenoxy) is 3. The summed E-state index contributed by atoms with van der Waals surface area (Å²) in [5, 5.41) is 0.648. The third-order valence-electron chi connectivity index (χ3n) is 4.08. The lowest BCUT2D eigenvalue weighted by atomic mass is 10.2. The van der Waals surface area contributed by atoms with Crippen molar-refractivity contribution in [2.75, 3.05) is 27.1 Å². The van der Waals surface area contributed by atoms with Crippen molar-refractivity contribution >= 4 is 34.6 Å². The minimum atomic E-state index is -0.0793. The number of thioether (sulfide) groups is 1. The van der Waals surface area contributed by atoms with E-state index in [-0.39, 0.29) is 12.7 Å². The third kappa shape index (κ3) is 3.84. The molecule has 27 heavy (non-hydrogen) atoms. The summed E-state index contributed by atoms with van der Waals surface area (Å²) in [5.41, 5.74) is 1.68. The van der Waals surface area contributed by atoms with E-state index < -0.39 is 0 Å². The SMILES string of the molecule is COCCN1C(=O)C(=Cc2ccc3c(c2)OCO3)SC1=Nc1ccccc1. The zero-order chi connectivity index (χ0) is 18.6. The van der Waals surface area contributed by atoms with Crippen LogP contribution in [0.1, 0.15) is 5.56 Å². The first-order chi connectivity index (χ1) is 13.2. The van der Waals surface area contributed by atoms with E-state index in [0.29, 0.717) is 29.0 Å². The quantitative estimate of drug-likeness (QED) is 0.739. The van der Waals surface area contributed by atoms with Crippen molar-refractivity contribution in [1.82, 2.24) is 4.90 Å². The number of hydrogen-bond acceptors (Lipinski definition) is 6. The maximum Gasteiger partial charge on any atom is 0.266 e. The zero-order valence-corrected chi connectivity index (χ0v) is 15.6. The average molecular weight is 382 g/mol. The molecule has 0 N–H and O–H groups in total. The Labute approximate surface area is 161 Å². The van der Waals surface area contributed by atoms with Gasteiger partial charge < -0.3 is 14.2 Å². The molecule has 0 aliphatic carbocycles. The molecule has 6 nitrogen and oxygen atoms in total. The van der Waals surface area contributed by atoms with Crippen molar-refractivity contribution in [3.63, 3.8) is 0 Å². The first kappa shape index (κ1) is 17.6. The Bertz CT molecular complexity index is 911. The predicted molar refractivity (Wildman–Crippen MR) is 105 cm³/mol. The van der Waals surface area contributed by atoms with Crippen molar-refractivity contribution in [2.45, 2.75) is 0 Å². The predicted octanol–water partition coefficient (Wildman–Crippen LogP) is 3.67. The van der Waals surface area contributed by atoms with Crippen LogP contribution >= 0.6 is 11.8 Å². The smallest absolute Gasteiger partial charge is 0.266 e. The summed E-state index contributed by atoms with van der Waals surface area (Å²) in [6.07, 6.45) is 1.85. The molecule has 7 heteroatoms. The lowest BCUT2D eigenvalue weighted by molar-refractivity contribution is -0.122. The first-order valence-electron chi connectivity index (χ1n) is 8.48. The van der Waals surface area contributed by atoms with E-state index in [1.807, 2.05) is 54.6 Å². The van der Waals surface area contributed by atoms with E-state index in [1.54, 1.807) is 12.0 Å². The number of methoxy groups -OCH3 is 1. The topological polar surface area (TPSA) is 60.4 Å². The molecule has 1 amide bonds. The third-order valence-corrected chi connectivity index (χ3v) is 5.09. The van der Waals surface area contributed by atoms with Crippen LogP contribution in [0.4, 0.5) is 5.69 Å². The number of amidine groups is 1. The second-order valence-electron chi connectivity index (χ2n) is 5.90. The highest BCUT2D eigenvalue weighted by molar-refractivity contribution is 8.18. The fourth-order valence-electron chi connectivity index (χ4n) is 2.74. The molecule has 0 radical (unpaired) electrons. The van der Waals surface area contributed by atoms with Crippen LogP contribution in [0.15, 0.2) is 58.4 Å². The van der Waals surface area contributed by atoms with Crippen molar-refractivity contribution in [1.29, 1.82) is 0 Å². The van der Waals surface area contributed by atoms with E-state index >= 15 is 0 Å². The van der Waals surface area contributed by atoms with Crippen LogP contribution in [0.3, 0.4) is 0 Å². The Morgan fingerprint density at radius 2 is 2.00 bits per heavy atom. The van der Waals surface area contributed by atoms with Crippen LogP contribution in [-0.4, -0.2) is 43.0 Å². The molecule has 0 bridgehead atoms. The lowest BCUT2D eigenvalue weighted by Gasteiger charge is -2.14. The van der Waals surface area contributed by atoms with Gasteiger partial charge in [0.2, 0.25) is 6.79 Å². The van der Waals surface area contributed by atoms with E-state index in [1.165, 1.54) is 11.8 Å². The number of amides is 1. The molecule has 0 aromatic heterocycles. The molecule has 1 fully saturated rings. The first-order valence-corrected chi connectivity index (χ1v) is 9.30. The van der Waals surface area contributed by atoms with Gasteiger partial charge in [-0.2, -0.15) is 0 Å². The van der Waals surface area contributed by atoms with Gasteiger partial charge in [0.15, 0.2) is 16.7 Å². The molecule has 0 spiro atoms. The number of nitrogens with zero attached hydrogens (tertiary/aromatic N) is 2. The Hall–Kier alpha value is -2.77. The summed E-state index contributed by atoms with van der Waals surface area (Å²) in [6.45, 7) is 1.12. The van der Waals surface area contributed by atoms with Crippen LogP contribution in [0.5, 0.6) is 11.5 Å². The second-order valence-corrected chi connectivity index (χ2v) is 6.91. The fraction of sp³-hybridized carbons (Fsp3) is 0.200. The molecular weight excluding hydrogens is 364 g/mol. The monoisotopic (exact) mass is 382 g/mol. The Morgan fingerprint density at radius 3 is 2.81 bits per heavy atom. The minimum absolute atomic E-state index is 0.0793. The van der Waals surface area contributed by atoms with Crippen molar-refractivity contribution < 1.29 is 19.0 Å². The van der Waals surface area contributed by atoms with Crippen molar-refractivity contribution in [3.05, 3.63) is 59.0 Å². The summed E-state index contributed by atoms with van der Waals surface area (Å²) in [4.78, 5) is 19.8. The summed E-state index contributed by atoms with van der Waals surface area (Å²) in [6, 6.07) is 15.2. The lowest BCUT2D eigenvalue weighted by Crippen LogP contribution is -2.32. The van der Waals surface area contributed by atoms with E-state index in [4.69, 9.17) is 14.2 Å². The van der Waals surface area contributed by atoms with E-state index in [2.05, 4.69) is 4.99 Å². The van der Waals surface area contributed by atoms with Gasteiger partial charge in [-0.3, -0.25) is 9.69 Å². The Morgan fingerprint density at radius 1 is 1.19 bits per heavy atom. The van der Waals surface area contributed by atoms with Gasteiger partial charge in [-0.05, 0) is 47.7 Å². The molecule has 2 heterocycles. The number of hydrogen-bond donors (Lipinski definition) is 0. The maximum atomic E-state index is 12.9. The summed E-state index contributed by atoms with van der Waals surface area (Å²) in [7, 11) is 1.62. The zero-order valence-electron chi connectivity index (χ0n) is 14.8. The van der Waals surface area contributed by atoms with Gasteiger partial charge in [0.1, 0.15) is 0 Å². The Balaban J connectivity index is 1.64. The second kappa shape index (κ2) is 7.85. The molecule has 2 aromatic rings. The highest BCUT2D eigenvalue weighted by atomic mass is 32.2. The normalized spacial score (nSPS) is 18.7. The number of para-hydroxylation sites is 1. The van der Waals surface area contributed by atoms with Crippen LogP contribution in [0, 0.1) is 0 Å². The van der Waals surface area contributed by atoms with Crippen LogP contribution in [-0.2, 0) is 9.53 Å². The van der Waals surface area contributed by atoms with Gasteiger partial charge in [0.05, 0.1) is 23.7 Å². The summed E-state index contributed by atoms with van der Waals surface area (Å²) in [5.74, 6) is 1.33. The molecule has 2 aromatic carbocycles. The van der Waals surface area contributed by atoms with Crippen molar-refractivity contribution in [2.24, 2.45) is 4.99 Å². The highest BCUT2D eigenvalue weighted by Crippen LogP contribution is 2.37.